The molecule has 0 saturated heterocycles. The topological polar surface area (TPSA) is 36.6 Å². The van der Waals surface area contributed by atoms with E-state index >= 15 is 0 Å². The van der Waals surface area contributed by atoms with Crippen molar-refractivity contribution in [2.75, 3.05) is 4.90 Å². The quantitative estimate of drug-likeness (QED) is 0.543. The number of benzene rings is 1. The fraction of sp³-hybridized carbons (Fsp3) is 0.200. The van der Waals surface area contributed by atoms with Crippen LogP contribution in [-0.4, -0.2) is 5.11 Å². The van der Waals surface area contributed by atoms with Crippen molar-refractivity contribution in [3.8, 4) is 0 Å². The summed E-state index contributed by atoms with van der Waals surface area (Å²) in [7, 11) is 0. The van der Waals surface area contributed by atoms with Gasteiger partial charge in [-0.1, -0.05) is 29.3 Å². The van der Waals surface area contributed by atoms with Crippen LogP contribution in [0.3, 0.4) is 0 Å². The second-order valence-corrected chi connectivity index (χ2v) is 8.58. The lowest BCUT2D eigenvalue weighted by molar-refractivity contribution is 0.180. The molecule has 1 unspecified atom stereocenters. The van der Waals surface area contributed by atoms with Crippen LogP contribution in [0.15, 0.2) is 52.4 Å². The number of aliphatic hydroxyl groups excluding tert-OH is 1. The summed E-state index contributed by atoms with van der Waals surface area (Å²) < 4.78 is 6.08. The van der Waals surface area contributed by atoms with Crippen molar-refractivity contribution in [2.45, 2.75) is 25.5 Å². The lowest BCUT2D eigenvalue weighted by Crippen LogP contribution is -2.25. The van der Waals surface area contributed by atoms with Crippen LogP contribution in [0.4, 0.5) is 5.69 Å². The summed E-state index contributed by atoms with van der Waals surface area (Å²) in [4.78, 5) is 2.93. The molecule has 1 aliphatic rings. The van der Waals surface area contributed by atoms with Gasteiger partial charge in [0, 0.05) is 32.4 Å². The highest BCUT2D eigenvalue weighted by atomic mass is 35.5. The molecule has 1 aromatic carbocycles. The Balaban J connectivity index is 1.71. The molecule has 2 aromatic heterocycles. The maximum absolute atomic E-state index is 10.9. The van der Waals surface area contributed by atoms with E-state index in [4.69, 9.17) is 27.6 Å². The molecule has 0 radical (unpaired) electrons. The number of furan rings is 1. The van der Waals surface area contributed by atoms with Gasteiger partial charge < -0.3 is 14.4 Å². The fourth-order valence-electron chi connectivity index (χ4n) is 3.11. The Hall–Kier alpha value is -1.72. The fourth-order valence-corrected chi connectivity index (χ4v) is 4.48. The molecule has 0 amide bonds. The van der Waals surface area contributed by atoms with Crippen molar-refractivity contribution < 1.29 is 9.52 Å². The summed E-state index contributed by atoms with van der Waals surface area (Å²) in [5, 5.41) is 14.0. The van der Waals surface area contributed by atoms with Gasteiger partial charge in [-0.15, -0.1) is 11.3 Å². The normalized spacial score (nSPS) is 16.8. The van der Waals surface area contributed by atoms with Crippen molar-refractivity contribution in [1.29, 1.82) is 0 Å². The maximum Gasteiger partial charge on any atom is 0.160 e. The minimum atomic E-state index is -0.874. The molecular weight excluding hydrogens is 389 g/mol. The minimum Gasteiger partial charge on any atom is -0.460 e. The zero-order chi connectivity index (χ0) is 18.5. The zero-order valence-electron chi connectivity index (χ0n) is 14.2. The van der Waals surface area contributed by atoms with E-state index in [9.17, 15) is 5.11 Å². The van der Waals surface area contributed by atoms with Gasteiger partial charge in [0.25, 0.3) is 0 Å². The Kier molecular flexibility index (Phi) is 4.40. The number of hydrogen-bond acceptors (Lipinski definition) is 4. The second kappa shape index (κ2) is 6.46. The Labute approximate surface area is 166 Å². The number of hydrogen-bond donors (Lipinski definition) is 1. The van der Waals surface area contributed by atoms with Gasteiger partial charge in [0.15, 0.2) is 6.23 Å². The second-order valence-electron chi connectivity index (χ2n) is 6.76. The van der Waals surface area contributed by atoms with Crippen LogP contribution in [-0.2, 0) is 5.41 Å². The first-order chi connectivity index (χ1) is 12.4. The highest BCUT2D eigenvalue weighted by Crippen LogP contribution is 2.41. The number of nitrogens with zero attached hydrogens (tertiary/aromatic N) is 1. The molecule has 4 rings (SSSR count). The van der Waals surface area contributed by atoms with Crippen LogP contribution in [0, 0.1) is 0 Å². The van der Waals surface area contributed by atoms with Gasteiger partial charge >= 0.3 is 0 Å². The molecule has 26 heavy (non-hydrogen) atoms. The number of aliphatic hydroxyl groups is 1. The number of anilines is 1. The summed E-state index contributed by atoms with van der Waals surface area (Å²) in [5.41, 5.74) is 1.17. The first-order valence-electron chi connectivity index (χ1n) is 8.15. The summed E-state index contributed by atoms with van der Waals surface area (Å²) in [6.07, 6.45) is 2.76. The van der Waals surface area contributed by atoms with Gasteiger partial charge in [0.1, 0.15) is 11.5 Å². The highest BCUT2D eigenvalue weighted by molar-refractivity contribution is 7.10. The largest absolute Gasteiger partial charge is 0.460 e. The lowest BCUT2D eigenvalue weighted by Gasteiger charge is -2.29. The van der Waals surface area contributed by atoms with Crippen molar-refractivity contribution >= 4 is 46.3 Å². The monoisotopic (exact) mass is 405 g/mol. The average Bonchev–Trinajstić information content (AvgIpc) is 3.25. The van der Waals surface area contributed by atoms with Crippen LogP contribution >= 0.6 is 34.5 Å². The smallest absolute Gasteiger partial charge is 0.160 e. The molecule has 134 valence electrons. The molecule has 1 aliphatic heterocycles. The minimum absolute atomic E-state index is 0.275. The molecule has 3 nitrogen and oxygen atoms in total. The molecule has 3 heterocycles. The van der Waals surface area contributed by atoms with Crippen molar-refractivity contribution in [3.05, 3.63) is 80.0 Å². The molecule has 6 heteroatoms. The molecule has 0 spiro atoms. The Morgan fingerprint density at radius 1 is 1.15 bits per heavy atom. The van der Waals surface area contributed by atoms with E-state index in [1.165, 1.54) is 4.88 Å². The molecule has 3 aromatic rings. The molecular formula is C20H17Cl2NO2S. The third-order valence-electron chi connectivity index (χ3n) is 4.62. The van der Waals surface area contributed by atoms with Gasteiger partial charge in [-0.2, -0.15) is 0 Å². The first kappa shape index (κ1) is 17.7. The summed E-state index contributed by atoms with van der Waals surface area (Å²) in [5.74, 6) is 1.49. The molecule has 1 atom stereocenters. The Bertz CT molecular complexity index is 956. The first-order valence-corrected chi connectivity index (χ1v) is 9.79. The third-order valence-corrected chi connectivity index (χ3v) is 6.25. The van der Waals surface area contributed by atoms with E-state index in [0.717, 1.165) is 17.0 Å². The van der Waals surface area contributed by atoms with Gasteiger partial charge in [-0.25, -0.2) is 0 Å². The third kappa shape index (κ3) is 2.97. The van der Waals surface area contributed by atoms with Crippen molar-refractivity contribution in [3.63, 3.8) is 0 Å². The van der Waals surface area contributed by atoms with Crippen molar-refractivity contribution in [2.24, 2.45) is 0 Å². The predicted molar refractivity (Wildman–Crippen MR) is 108 cm³/mol. The highest BCUT2D eigenvalue weighted by Gasteiger charge is 2.33. The van der Waals surface area contributed by atoms with E-state index in [1.54, 1.807) is 40.6 Å². The number of fused-ring (bicyclic) bond motifs is 1. The van der Waals surface area contributed by atoms with Crippen LogP contribution in [0.5, 0.6) is 0 Å². The van der Waals surface area contributed by atoms with Crippen LogP contribution in [0.25, 0.3) is 6.08 Å². The van der Waals surface area contributed by atoms with Crippen LogP contribution in [0.1, 0.15) is 42.0 Å². The standard InChI is InChI=1S/C20H17Cl2NO2S/c1-20(2,18-4-3-7-26-18)17-11-15-16(25-17)5-6-23(19(15)24)14-9-12(21)8-13(22)10-14/h3-11,19,24H,1-2H3. The average molecular weight is 406 g/mol. The molecule has 0 aliphatic carbocycles. The SMILES string of the molecule is CC(C)(c1cc2c(o1)C=CN(c1cc(Cl)cc(Cl)c1)C2O)c1cccs1. The van der Waals surface area contributed by atoms with E-state index in [1.807, 2.05) is 18.2 Å². The zero-order valence-corrected chi connectivity index (χ0v) is 16.6. The van der Waals surface area contributed by atoms with Gasteiger partial charge in [0.2, 0.25) is 0 Å². The number of rotatable bonds is 3. The molecule has 0 saturated carbocycles. The lowest BCUT2D eigenvalue weighted by atomic mass is 9.88. The van der Waals surface area contributed by atoms with E-state index in [2.05, 4.69) is 25.3 Å². The van der Waals surface area contributed by atoms with E-state index in [-0.39, 0.29) is 5.41 Å². The molecule has 0 bridgehead atoms. The van der Waals surface area contributed by atoms with Crippen LogP contribution in [0.2, 0.25) is 10.0 Å². The van der Waals surface area contributed by atoms with Gasteiger partial charge in [-0.3, -0.25) is 0 Å². The summed E-state index contributed by atoms with van der Waals surface area (Å²) in [6, 6.07) is 11.3. The number of thiophene rings is 1. The molecule has 1 N–H and O–H groups in total. The summed E-state index contributed by atoms with van der Waals surface area (Å²) in [6.45, 7) is 4.24. The van der Waals surface area contributed by atoms with E-state index in [0.29, 0.717) is 15.8 Å². The summed E-state index contributed by atoms with van der Waals surface area (Å²) >= 11 is 13.9. The van der Waals surface area contributed by atoms with Gasteiger partial charge in [0.05, 0.1) is 5.41 Å². The molecule has 0 fully saturated rings. The maximum atomic E-state index is 10.9. The number of halogens is 2. The van der Waals surface area contributed by atoms with Crippen molar-refractivity contribution in [1.82, 2.24) is 0 Å². The Morgan fingerprint density at radius 3 is 2.54 bits per heavy atom. The van der Waals surface area contributed by atoms with E-state index < -0.39 is 6.23 Å². The van der Waals surface area contributed by atoms with Crippen LogP contribution < -0.4 is 4.90 Å². The Morgan fingerprint density at radius 2 is 1.88 bits per heavy atom. The predicted octanol–water partition coefficient (Wildman–Crippen LogP) is 6.46. The van der Waals surface area contributed by atoms with Gasteiger partial charge in [-0.05, 0) is 55.6 Å².